The maximum Gasteiger partial charge on any atom is 0.143 e. The van der Waals surface area contributed by atoms with Gasteiger partial charge in [0.2, 0.25) is 0 Å². The normalized spacial score (nSPS) is 11.7. The lowest BCUT2D eigenvalue weighted by Gasteiger charge is -2.27. The fourth-order valence-electron chi connectivity index (χ4n) is 7.34. The van der Waals surface area contributed by atoms with Gasteiger partial charge >= 0.3 is 0 Å². The lowest BCUT2D eigenvalue weighted by atomic mass is 9.97. The number of thiophene rings is 1. The zero-order valence-corrected chi connectivity index (χ0v) is 27.3. The highest BCUT2D eigenvalue weighted by atomic mass is 32.1. The Balaban J connectivity index is 1.29. The van der Waals surface area contributed by atoms with E-state index < -0.39 is 0 Å². The first kappa shape index (κ1) is 27.9. The highest BCUT2D eigenvalue weighted by Gasteiger charge is 2.22. The second-order valence-electron chi connectivity index (χ2n) is 12.5. The molecule has 230 valence electrons. The van der Waals surface area contributed by atoms with E-state index in [2.05, 4.69) is 181 Å². The van der Waals surface area contributed by atoms with Crippen LogP contribution in [0.3, 0.4) is 0 Å². The van der Waals surface area contributed by atoms with Crippen LogP contribution in [0.25, 0.3) is 75.1 Å². The molecule has 2 heterocycles. The summed E-state index contributed by atoms with van der Waals surface area (Å²) in [4.78, 5) is 2.43. The minimum atomic E-state index is 0.874. The maximum atomic E-state index is 6.70. The Morgan fingerprint density at radius 2 is 1.06 bits per heavy atom. The molecule has 49 heavy (non-hydrogen) atoms. The third-order valence-electron chi connectivity index (χ3n) is 9.62. The number of furan rings is 1. The van der Waals surface area contributed by atoms with Crippen molar-refractivity contribution in [2.45, 2.75) is 0 Å². The molecule has 2 aromatic heterocycles. The highest BCUT2D eigenvalue weighted by molar-refractivity contribution is 7.25. The third-order valence-corrected chi connectivity index (χ3v) is 10.8. The van der Waals surface area contributed by atoms with E-state index in [1.165, 1.54) is 47.8 Å². The molecule has 0 fully saturated rings. The molecule has 0 atom stereocenters. The predicted octanol–water partition coefficient (Wildman–Crippen LogP) is 13.9. The first-order valence-corrected chi connectivity index (χ1v) is 17.4. The molecule has 10 aromatic rings. The van der Waals surface area contributed by atoms with E-state index in [1.54, 1.807) is 0 Å². The van der Waals surface area contributed by atoms with Crippen molar-refractivity contribution in [3.8, 4) is 22.3 Å². The number of hydrogen-bond donors (Lipinski definition) is 0. The molecule has 0 aliphatic rings. The summed E-state index contributed by atoms with van der Waals surface area (Å²) in [5.74, 6) is 0. The molecule has 0 N–H and O–H groups in total. The van der Waals surface area contributed by atoms with Crippen LogP contribution in [-0.2, 0) is 0 Å². The predicted molar refractivity (Wildman–Crippen MR) is 210 cm³/mol. The van der Waals surface area contributed by atoms with Gasteiger partial charge in [-0.1, -0.05) is 121 Å². The van der Waals surface area contributed by atoms with Crippen LogP contribution in [0, 0.1) is 0 Å². The van der Waals surface area contributed by atoms with Crippen molar-refractivity contribution >= 4 is 81.3 Å². The second-order valence-corrected chi connectivity index (χ2v) is 13.6. The van der Waals surface area contributed by atoms with Crippen LogP contribution in [0.1, 0.15) is 0 Å². The van der Waals surface area contributed by atoms with Crippen LogP contribution < -0.4 is 4.90 Å². The molecule has 0 radical (unpaired) electrons. The second kappa shape index (κ2) is 11.2. The van der Waals surface area contributed by atoms with E-state index in [4.69, 9.17) is 4.42 Å². The standard InChI is InChI=1S/C46H29NOS/c1-3-12-30(13-4-1)33-26-34(31-14-5-2-6-15-31)28-36(27-33)47(35-23-25-39-38-18-9-10-21-43(38)49-44(39)29-35)41-19-11-20-42-45(41)40-24-22-32-16-7-8-17-37(32)46(40)48-42/h1-29H. The number of benzene rings is 8. The van der Waals surface area contributed by atoms with Crippen molar-refractivity contribution in [1.82, 2.24) is 0 Å². The van der Waals surface area contributed by atoms with Crippen LogP contribution >= 0.6 is 11.3 Å². The van der Waals surface area contributed by atoms with E-state index in [0.29, 0.717) is 0 Å². The van der Waals surface area contributed by atoms with E-state index >= 15 is 0 Å². The summed E-state index contributed by atoms with van der Waals surface area (Å²) < 4.78 is 9.26. The van der Waals surface area contributed by atoms with Gasteiger partial charge in [0.25, 0.3) is 0 Å². The Bertz CT molecular complexity index is 2770. The molecule has 0 saturated heterocycles. The fourth-order valence-corrected chi connectivity index (χ4v) is 8.48. The van der Waals surface area contributed by atoms with Crippen LogP contribution in [0.4, 0.5) is 17.1 Å². The van der Waals surface area contributed by atoms with Crippen LogP contribution in [0.5, 0.6) is 0 Å². The van der Waals surface area contributed by atoms with Gasteiger partial charge in [-0.2, -0.15) is 0 Å². The lowest BCUT2D eigenvalue weighted by Crippen LogP contribution is -2.10. The van der Waals surface area contributed by atoms with Gasteiger partial charge < -0.3 is 9.32 Å². The van der Waals surface area contributed by atoms with Crippen LogP contribution in [-0.4, -0.2) is 0 Å². The molecule has 3 heteroatoms. The summed E-state index contributed by atoms with van der Waals surface area (Å²) in [6, 6.07) is 63.3. The van der Waals surface area contributed by atoms with Crippen molar-refractivity contribution < 1.29 is 4.42 Å². The summed E-state index contributed by atoms with van der Waals surface area (Å²) in [5, 5.41) is 7.09. The summed E-state index contributed by atoms with van der Waals surface area (Å²) >= 11 is 1.85. The topological polar surface area (TPSA) is 16.4 Å². The molecule has 0 amide bonds. The third kappa shape index (κ3) is 4.62. The molecule has 0 aliphatic heterocycles. The number of nitrogens with zero attached hydrogens (tertiary/aromatic N) is 1. The lowest BCUT2D eigenvalue weighted by molar-refractivity contribution is 0.672. The van der Waals surface area contributed by atoms with Gasteiger partial charge in [-0.3, -0.25) is 0 Å². The Labute approximate surface area is 287 Å². The van der Waals surface area contributed by atoms with Gasteiger partial charge in [0, 0.05) is 42.3 Å². The van der Waals surface area contributed by atoms with Crippen molar-refractivity contribution in [3.05, 3.63) is 176 Å². The summed E-state index contributed by atoms with van der Waals surface area (Å²) in [7, 11) is 0. The van der Waals surface area contributed by atoms with Crippen molar-refractivity contribution in [1.29, 1.82) is 0 Å². The summed E-state index contributed by atoms with van der Waals surface area (Å²) in [6.45, 7) is 0. The van der Waals surface area contributed by atoms with Gasteiger partial charge in [-0.15, -0.1) is 11.3 Å². The van der Waals surface area contributed by atoms with Crippen molar-refractivity contribution in [2.24, 2.45) is 0 Å². The Kier molecular flexibility index (Phi) is 6.39. The minimum absolute atomic E-state index is 0.874. The largest absolute Gasteiger partial charge is 0.455 e. The minimum Gasteiger partial charge on any atom is -0.455 e. The highest BCUT2D eigenvalue weighted by Crippen LogP contribution is 2.47. The fraction of sp³-hybridized carbons (Fsp3) is 0. The van der Waals surface area contributed by atoms with Crippen molar-refractivity contribution in [2.75, 3.05) is 4.90 Å². The molecule has 0 bridgehead atoms. The molecular weight excluding hydrogens is 615 g/mol. The van der Waals surface area contributed by atoms with E-state index in [0.717, 1.165) is 44.4 Å². The quantitative estimate of drug-likeness (QED) is 0.186. The molecular formula is C46H29NOS. The average Bonchev–Trinajstić information content (AvgIpc) is 3.74. The number of rotatable bonds is 5. The zero-order chi connectivity index (χ0) is 32.3. The number of anilines is 3. The number of fused-ring (bicyclic) bond motifs is 8. The Morgan fingerprint density at radius 1 is 0.408 bits per heavy atom. The van der Waals surface area contributed by atoms with E-state index in [-0.39, 0.29) is 0 Å². The Hall–Kier alpha value is -6.16. The summed E-state index contributed by atoms with van der Waals surface area (Å²) in [5.41, 5.74) is 9.76. The molecule has 0 unspecified atom stereocenters. The number of hydrogen-bond acceptors (Lipinski definition) is 3. The van der Waals surface area contributed by atoms with E-state index in [9.17, 15) is 0 Å². The van der Waals surface area contributed by atoms with Crippen LogP contribution in [0.2, 0.25) is 0 Å². The SMILES string of the molecule is c1ccc(-c2cc(-c3ccccc3)cc(N(c3ccc4c(c3)sc3ccccc34)c3cccc4oc5c6ccccc6ccc5c34)c2)cc1. The average molecular weight is 644 g/mol. The first-order valence-electron chi connectivity index (χ1n) is 16.6. The smallest absolute Gasteiger partial charge is 0.143 e. The maximum absolute atomic E-state index is 6.70. The van der Waals surface area contributed by atoms with Crippen LogP contribution in [0.15, 0.2) is 180 Å². The Morgan fingerprint density at radius 3 is 1.84 bits per heavy atom. The molecule has 2 nitrogen and oxygen atoms in total. The van der Waals surface area contributed by atoms with Gasteiger partial charge in [0.05, 0.1) is 11.1 Å². The van der Waals surface area contributed by atoms with Gasteiger partial charge in [0.1, 0.15) is 11.2 Å². The van der Waals surface area contributed by atoms with Crippen molar-refractivity contribution in [3.63, 3.8) is 0 Å². The molecule has 0 spiro atoms. The molecule has 10 rings (SSSR count). The van der Waals surface area contributed by atoms with Gasteiger partial charge in [-0.05, 0) is 82.2 Å². The molecule has 8 aromatic carbocycles. The van der Waals surface area contributed by atoms with Gasteiger partial charge in [0.15, 0.2) is 0 Å². The summed E-state index contributed by atoms with van der Waals surface area (Å²) in [6.07, 6.45) is 0. The molecule has 0 saturated carbocycles. The molecule has 0 aliphatic carbocycles. The monoisotopic (exact) mass is 643 g/mol. The van der Waals surface area contributed by atoms with Gasteiger partial charge in [-0.25, -0.2) is 0 Å². The first-order chi connectivity index (χ1) is 24.3. The zero-order valence-electron chi connectivity index (χ0n) is 26.5. The van der Waals surface area contributed by atoms with E-state index in [1.807, 2.05) is 11.3 Å².